The Bertz CT molecular complexity index is 1280. The van der Waals surface area contributed by atoms with Crippen molar-refractivity contribution in [1.29, 1.82) is 0 Å². The zero-order valence-corrected chi connectivity index (χ0v) is 19.5. The van der Waals surface area contributed by atoms with Crippen molar-refractivity contribution in [3.05, 3.63) is 69.0 Å². The number of hydrogen-bond donors (Lipinski definition) is 2. The van der Waals surface area contributed by atoms with E-state index >= 15 is 0 Å². The molecule has 4 aromatic rings. The number of nitrogens with two attached hydrogens (primary N) is 1. The number of rotatable bonds is 7. The third-order valence-electron chi connectivity index (χ3n) is 4.68. The van der Waals surface area contributed by atoms with Crippen molar-refractivity contribution in [3.63, 3.8) is 0 Å². The molecule has 2 aromatic heterocycles. The Morgan fingerprint density at radius 3 is 2.66 bits per heavy atom. The Kier molecular flexibility index (Phi) is 6.79. The number of nitrogens with one attached hydrogen (secondary N) is 1. The molecule has 0 aliphatic carbocycles. The highest BCUT2D eigenvalue weighted by atomic mass is 35.5. The molecule has 0 aliphatic heterocycles. The Hall–Kier alpha value is -2.87. The fourth-order valence-corrected chi connectivity index (χ4v) is 4.62. The molecule has 9 heteroatoms. The number of thiophene rings is 1. The van der Waals surface area contributed by atoms with E-state index in [4.69, 9.17) is 33.7 Å². The molecule has 0 unspecified atom stereocenters. The van der Waals surface area contributed by atoms with E-state index in [0.29, 0.717) is 55.3 Å². The van der Waals surface area contributed by atoms with Gasteiger partial charge in [0, 0.05) is 17.5 Å². The fourth-order valence-electron chi connectivity index (χ4n) is 3.14. The third kappa shape index (κ3) is 4.80. The highest BCUT2D eigenvalue weighted by Crippen LogP contribution is 2.40. The van der Waals surface area contributed by atoms with Crippen molar-refractivity contribution < 1.29 is 9.53 Å². The van der Waals surface area contributed by atoms with Crippen LogP contribution >= 0.6 is 34.5 Å². The van der Waals surface area contributed by atoms with Crippen molar-refractivity contribution >= 4 is 56.6 Å². The van der Waals surface area contributed by atoms with Crippen molar-refractivity contribution in [2.75, 3.05) is 12.3 Å². The molecule has 0 saturated heterocycles. The number of amides is 1. The van der Waals surface area contributed by atoms with Crippen LogP contribution in [0.15, 0.2) is 48.5 Å². The summed E-state index contributed by atoms with van der Waals surface area (Å²) in [5, 5.41) is 4.34. The second-order valence-corrected chi connectivity index (χ2v) is 8.90. The van der Waals surface area contributed by atoms with E-state index in [1.54, 1.807) is 18.2 Å². The zero-order valence-electron chi connectivity index (χ0n) is 17.2. The van der Waals surface area contributed by atoms with E-state index < -0.39 is 0 Å². The van der Waals surface area contributed by atoms with Crippen molar-refractivity contribution in [3.8, 4) is 17.0 Å². The van der Waals surface area contributed by atoms with Gasteiger partial charge in [-0.1, -0.05) is 60.5 Å². The normalized spacial score (nSPS) is 11.0. The first-order chi connectivity index (χ1) is 15.5. The molecule has 3 N–H and O–H groups in total. The Morgan fingerprint density at radius 1 is 1.12 bits per heavy atom. The summed E-state index contributed by atoms with van der Waals surface area (Å²) in [5.41, 5.74) is 8.08. The number of nitrogen functional groups attached to an aromatic ring is 1. The lowest BCUT2D eigenvalue weighted by atomic mass is 10.1. The number of fused-ring (bicyclic) bond motifs is 1. The molecule has 4 rings (SSSR count). The lowest BCUT2D eigenvalue weighted by molar-refractivity contribution is 0.0958. The summed E-state index contributed by atoms with van der Waals surface area (Å²) in [6, 6.07) is 14.9. The van der Waals surface area contributed by atoms with Crippen LogP contribution in [0.4, 0.5) is 5.95 Å². The van der Waals surface area contributed by atoms with Crippen LogP contribution in [0.1, 0.15) is 28.6 Å². The molecule has 1 amide bonds. The van der Waals surface area contributed by atoms with Crippen LogP contribution in [-0.2, 0) is 6.61 Å². The summed E-state index contributed by atoms with van der Waals surface area (Å²) >= 11 is 14.2. The van der Waals surface area contributed by atoms with Crippen LogP contribution in [-0.4, -0.2) is 22.4 Å². The Balaban J connectivity index is 1.74. The number of aromatic nitrogens is 2. The SMILES string of the molecule is CCCNC(=O)c1cc2c(-c3cc(OCc4ccccc4)c(Cl)cc3Cl)nc(N)nc2s1. The number of carbonyl (C=O) groups excluding carboxylic acids is 1. The van der Waals surface area contributed by atoms with E-state index in [0.717, 1.165) is 12.0 Å². The lowest BCUT2D eigenvalue weighted by Crippen LogP contribution is -2.22. The fraction of sp³-hybridized carbons (Fsp3) is 0.174. The molecule has 0 fully saturated rings. The van der Waals surface area contributed by atoms with Crippen molar-refractivity contribution in [1.82, 2.24) is 15.3 Å². The van der Waals surface area contributed by atoms with Crippen molar-refractivity contribution in [2.45, 2.75) is 20.0 Å². The van der Waals surface area contributed by atoms with Gasteiger partial charge in [-0.3, -0.25) is 4.79 Å². The van der Waals surface area contributed by atoms with Crippen LogP contribution in [0, 0.1) is 0 Å². The molecule has 32 heavy (non-hydrogen) atoms. The molecular weight excluding hydrogens is 467 g/mol. The molecule has 2 aromatic carbocycles. The molecule has 0 saturated carbocycles. The van der Waals surface area contributed by atoms with E-state index in [1.165, 1.54) is 11.3 Å². The topological polar surface area (TPSA) is 90.1 Å². The van der Waals surface area contributed by atoms with Gasteiger partial charge < -0.3 is 15.8 Å². The van der Waals surface area contributed by atoms with Gasteiger partial charge in [-0.15, -0.1) is 11.3 Å². The molecule has 0 bridgehead atoms. The minimum atomic E-state index is -0.159. The minimum absolute atomic E-state index is 0.0904. The second-order valence-electron chi connectivity index (χ2n) is 7.05. The monoisotopic (exact) mass is 486 g/mol. The first-order valence-electron chi connectivity index (χ1n) is 9.97. The largest absolute Gasteiger partial charge is 0.487 e. The van der Waals surface area contributed by atoms with Gasteiger partial charge in [-0.25, -0.2) is 9.97 Å². The van der Waals surface area contributed by atoms with Gasteiger partial charge in [0.2, 0.25) is 5.95 Å². The number of hydrogen-bond acceptors (Lipinski definition) is 6. The third-order valence-corrected chi connectivity index (χ3v) is 6.32. The summed E-state index contributed by atoms with van der Waals surface area (Å²) < 4.78 is 5.94. The van der Waals surface area contributed by atoms with Crippen LogP contribution in [0.5, 0.6) is 5.75 Å². The highest BCUT2D eigenvalue weighted by molar-refractivity contribution is 7.20. The number of nitrogens with zero attached hydrogens (tertiary/aromatic N) is 2. The second kappa shape index (κ2) is 9.73. The van der Waals surface area contributed by atoms with Gasteiger partial charge in [0.05, 0.1) is 20.6 Å². The van der Waals surface area contributed by atoms with Gasteiger partial charge in [0.25, 0.3) is 5.91 Å². The maximum absolute atomic E-state index is 12.4. The van der Waals surface area contributed by atoms with Gasteiger partial charge in [0.15, 0.2) is 0 Å². The summed E-state index contributed by atoms with van der Waals surface area (Å²) in [6.07, 6.45) is 0.848. The molecule has 2 heterocycles. The van der Waals surface area contributed by atoms with Crippen LogP contribution in [0.25, 0.3) is 21.5 Å². The molecular formula is C23H20Cl2N4O2S. The molecule has 0 spiro atoms. The van der Waals surface area contributed by atoms with E-state index in [-0.39, 0.29) is 11.9 Å². The number of carbonyl (C=O) groups is 1. The maximum Gasteiger partial charge on any atom is 0.261 e. The quantitative estimate of drug-likeness (QED) is 0.335. The standard InChI is InChI=1S/C23H20Cl2N4O2S/c1-2-8-27-21(30)19-10-15-20(28-23(26)29-22(15)32-19)14-9-18(17(25)11-16(14)24)31-12-13-6-4-3-5-7-13/h3-7,9-11H,2,8,12H2,1H3,(H,27,30)(H2,26,28,29). The van der Waals surface area contributed by atoms with Gasteiger partial charge in [-0.2, -0.15) is 0 Å². The number of halogens is 2. The maximum atomic E-state index is 12.4. The zero-order chi connectivity index (χ0) is 22.7. The molecule has 0 atom stereocenters. The number of benzene rings is 2. The summed E-state index contributed by atoms with van der Waals surface area (Å²) in [6.45, 7) is 2.94. The molecule has 164 valence electrons. The first kappa shape index (κ1) is 22.3. The predicted molar refractivity (Wildman–Crippen MR) is 131 cm³/mol. The molecule has 6 nitrogen and oxygen atoms in total. The smallest absolute Gasteiger partial charge is 0.261 e. The van der Waals surface area contributed by atoms with Gasteiger partial charge in [0.1, 0.15) is 17.2 Å². The first-order valence-corrected chi connectivity index (χ1v) is 11.5. The Labute approximate surface area is 199 Å². The van der Waals surface area contributed by atoms with Crippen LogP contribution < -0.4 is 15.8 Å². The van der Waals surface area contributed by atoms with Gasteiger partial charge >= 0.3 is 0 Å². The summed E-state index contributed by atoms with van der Waals surface area (Å²) in [7, 11) is 0. The number of ether oxygens (including phenoxy) is 1. The number of anilines is 1. The van der Waals surface area contributed by atoms with E-state index in [9.17, 15) is 4.79 Å². The summed E-state index contributed by atoms with van der Waals surface area (Å²) in [4.78, 5) is 22.3. The minimum Gasteiger partial charge on any atom is -0.487 e. The Morgan fingerprint density at radius 2 is 1.91 bits per heavy atom. The predicted octanol–water partition coefficient (Wildman–Crippen LogP) is 5.97. The lowest BCUT2D eigenvalue weighted by Gasteiger charge is -2.12. The van der Waals surface area contributed by atoms with Crippen LogP contribution in [0.2, 0.25) is 10.0 Å². The van der Waals surface area contributed by atoms with E-state index in [1.807, 2.05) is 37.3 Å². The van der Waals surface area contributed by atoms with E-state index in [2.05, 4.69) is 15.3 Å². The van der Waals surface area contributed by atoms with Crippen molar-refractivity contribution in [2.24, 2.45) is 0 Å². The summed E-state index contributed by atoms with van der Waals surface area (Å²) in [5.74, 6) is 0.400. The highest BCUT2D eigenvalue weighted by Gasteiger charge is 2.19. The average molecular weight is 487 g/mol. The molecule has 0 aliphatic rings. The average Bonchev–Trinajstić information content (AvgIpc) is 3.21. The molecule has 0 radical (unpaired) electrons. The van der Waals surface area contributed by atoms with Crippen LogP contribution in [0.3, 0.4) is 0 Å². The van der Waals surface area contributed by atoms with Gasteiger partial charge in [-0.05, 0) is 30.2 Å².